The smallest absolute Gasteiger partial charge is 0.316 e. The minimum atomic E-state index is -1.08. The first-order valence-corrected chi connectivity index (χ1v) is 8.11. The number of esters is 1. The van der Waals surface area contributed by atoms with Crippen LogP contribution in [0.1, 0.15) is 12.8 Å². The van der Waals surface area contributed by atoms with Crippen LogP contribution in [0, 0.1) is 5.92 Å². The first-order valence-electron chi connectivity index (χ1n) is 6.60. The van der Waals surface area contributed by atoms with E-state index in [1.165, 1.54) is 0 Å². The molecule has 0 N–H and O–H groups in total. The second-order valence-corrected chi connectivity index (χ2v) is 7.64. The quantitative estimate of drug-likeness (QED) is 0.433. The van der Waals surface area contributed by atoms with Crippen molar-refractivity contribution in [2.45, 2.75) is 22.6 Å². The second-order valence-electron chi connectivity index (χ2n) is 5.49. The monoisotopic (exact) mass is 380 g/mol. The van der Waals surface area contributed by atoms with Gasteiger partial charge in [0.2, 0.25) is 0 Å². The molecule has 0 aromatic heterocycles. The van der Waals surface area contributed by atoms with Gasteiger partial charge in [-0.2, -0.15) is 0 Å². The number of rotatable bonds is 3. The molecule has 3 nitrogen and oxygen atoms in total. The van der Waals surface area contributed by atoms with Crippen LogP contribution in [0.5, 0.6) is 11.5 Å². The summed E-state index contributed by atoms with van der Waals surface area (Å²) in [4.78, 5) is 10.5. The van der Waals surface area contributed by atoms with Gasteiger partial charge < -0.3 is 9.47 Å². The summed E-state index contributed by atoms with van der Waals surface area (Å²) in [6, 6.07) is 6.69. The van der Waals surface area contributed by atoms with Crippen molar-refractivity contribution in [3.8, 4) is 11.5 Å². The lowest BCUT2D eigenvalue weighted by Gasteiger charge is -2.28. The van der Waals surface area contributed by atoms with E-state index in [-0.39, 0.29) is 5.03 Å². The van der Waals surface area contributed by atoms with Gasteiger partial charge >= 0.3 is 5.97 Å². The number of fused-ring (bicyclic) bond motifs is 2. The zero-order valence-electron chi connectivity index (χ0n) is 11.5. The molecule has 0 aliphatic heterocycles. The standard InChI is InChI=1S/C15H12Cl4O3/c1-21-8-2-4-9(5-3-8)22-13(20)10-6-14(18)7-15(10,19)12(17)11(14)16/h2-5,10H,6-7H2,1H3/t10-,14+,15+/m0/s1. The van der Waals surface area contributed by atoms with E-state index in [1.807, 2.05) is 0 Å². The molecule has 2 aliphatic carbocycles. The molecule has 3 rings (SSSR count). The van der Waals surface area contributed by atoms with E-state index in [0.717, 1.165) is 0 Å². The highest BCUT2D eigenvalue weighted by atomic mass is 35.5. The average Bonchev–Trinajstić information content (AvgIpc) is 2.88. The summed E-state index contributed by atoms with van der Waals surface area (Å²) in [5.74, 6) is -0.0246. The van der Waals surface area contributed by atoms with Gasteiger partial charge in [0.25, 0.3) is 0 Å². The minimum Gasteiger partial charge on any atom is -0.497 e. The van der Waals surface area contributed by atoms with Gasteiger partial charge in [-0.05, 0) is 37.1 Å². The van der Waals surface area contributed by atoms with Crippen LogP contribution in [-0.4, -0.2) is 22.8 Å². The summed E-state index contributed by atoms with van der Waals surface area (Å²) >= 11 is 25.3. The van der Waals surface area contributed by atoms with E-state index in [4.69, 9.17) is 55.9 Å². The van der Waals surface area contributed by atoms with E-state index in [1.54, 1.807) is 31.4 Å². The Morgan fingerprint density at radius 2 is 1.73 bits per heavy atom. The van der Waals surface area contributed by atoms with Gasteiger partial charge in [-0.15, -0.1) is 23.2 Å². The number of halogens is 4. The summed E-state index contributed by atoms with van der Waals surface area (Å²) in [5, 5.41) is 0.577. The van der Waals surface area contributed by atoms with Crippen LogP contribution < -0.4 is 9.47 Å². The SMILES string of the molecule is COc1ccc(OC(=O)[C@@H]2C[C@@]3(Cl)C[C@]2(Cl)C(Cl)=C3Cl)cc1. The van der Waals surface area contributed by atoms with E-state index >= 15 is 0 Å². The van der Waals surface area contributed by atoms with Crippen LogP contribution >= 0.6 is 46.4 Å². The molecule has 118 valence electrons. The average molecular weight is 382 g/mol. The Kier molecular flexibility index (Phi) is 4.05. The molecule has 0 amide bonds. The third-order valence-electron chi connectivity index (χ3n) is 4.13. The third kappa shape index (κ3) is 2.39. The first kappa shape index (κ1) is 16.3. The molecule has 3 atom stereocenters. The summed E-state index contributed by atoms with van der Waals surface area (Å²) in [6.45, 7) is 0. The zero-order valence-corrected chi connectivity index (χ0v) is 14.6. The molecule has 1 aromatic rings. The molecular weight excluding hydrogens is 370 g/mol. The van der Waals surface area contributed by atoms with Gasteiger partial charge in [-0.3, -0.25) is 4.79 Å². The van der Waals surface area contributed by atoms with Crippen molar-refractivity contribution in [3.05, 3.63) is 34.3 Å². The van der Waals surface area contributed by atoms with Gasteiger partial charge in [0.15, 0.2) is 0 Å². The van der Waals surface area contributed by atoms with Crippen molar-refractivity contribution >= 4 is 52.4 Å². The molecule has 0 spiro atoms. The fraction of sp³-hybridized carbons (Fsp3) is 0.400. The van der Waals surface area contributed by atoms with E-state index in [2.05, 4.69) is 0 Å². The third-order valence-corrected chi connectivity index (χ3v) is 6.56. The Hall–Kier alpha value is -0.610. The summed E-state index contributed by atoms with van der Waals surface area (Å²) in [6.07, 6.45) is 0.630. The maximum Gasteiger partial charge on any atom is 0.316 e. The van der Waals surface area contributed by atoms with Crippen molar-refractivity contribution in [1.29, 1.82) is 0 Å². The second kappa shape index (κ2) is 5.48. The Morgan fingerprint density at radius 1 is 1.14 bits per heavy atom. The Balaban J connectivity index is 1.79. The lowest BCUT2D eigenvalue weighted by atomic mass is 9.92. The fourth-order valence-corrected chi connectivity index (χ4v) is 4.77. The van der Waals surface area contributed by atoms with Crippen molar-refractivity contribution in [2.75, 3.05) is 7.11 Å². The number of allylic oxidation sites excluding steroid dienone is 2. The lowest BCUT2D eigenvalue weighted by molar-refractivity contribution is -0.139. The van der Waals surface area contributed by atoms with Crippen molar-refractivity contribution in [2.24, 2.45) is 5.92 Å². The van der Waals surface area contributed by atoms with Crippen LogP contribution in [0.2, 0.25) is 0 Å². The highest BCUT2D eigenvalue weighted by Crippen LogP contribution is 2.65. The lowest BCUT2D eigenvalue weighted by Crippen LogP contribution is -2.36. The van der Waals surface area contributed by atoms with E-state index in [0.29, 0.717) is 29.4 Å². The van der Waals surface area contributed by atoms with Crippen molar-refractivity contribution in [1.82, 2.24) is 0 Å². The molecule has 2 aliphatic rings. The molecule has 0 unspecified atom stereocenters. The van der Waals surface area contributed by atoms with Crippen molar-refractivity contribution in [3.63, 3.8) is 0 Å². The molecule has 2 bridgehead atoms. The topological polar surface area (TPSA) is 35.5 Å². The minimum absolute atomic E-state index is 0.244. The molecule has 1 fully saturated rings. The molecule has 22 heavy (non-hydrogen) atoms. The number of methoxy groups -OCH3 is 1. The maximum atomic E-state index is 12.4. The normalized spacial score (nSPS) is 33.2. The van der Waals surface area contributed by atoms with Gasteiger partial charge in [0, 0.05) is 0 Å². The van der Waals surface area contributed by atoms with E-state index in [9.17, 15) is 4.79 Å². The molecular formula is C15H12Cl4O3. The summed E-state index contributed by atoms with van der Waals surface area (Å²) in [5.41, 5.74) is 0. The number of ether oxygens (including phenoxy) is 2. The largest absolute Gasteiger partial charge is 0.497 e. The summed E-state index contributed by atoms with van der Waals surface area (Å²) in [7, 11) is 1.56. The molecule has 0 heterocycles. The van der Waals surface area contributed by atoms with Gasteiger partial charge in [0.1, 0.15) is 11.5 Å². The highest BCUT2D eigenvalue weighted by Gasteiger charge is 2.65. The van der Waals surface area contributed by atoms with E-state index < -0.39 is 21.6 Å². The predicted molar refractivity (Wildman–Crippen MR) is 87.3 cm³/mol. The van der Waals surface area contributed by atoms with Crippen LogP contribution in [-0.2, 0) is 4.79 Å². The molecule has 0 radical (unpaired) electrons. The Morgan fingerprint density at radius 3 is 2.23 bits per heavy atom. The first-order chi connectivity index (χ1) is 10.3. The predicted octanol–water partition coefficient (Wildman–Crippen LogP) is 4.67. The summed E-state index contributed by atoms with van der Waals surface area (Å²) < 4.78 is 10.4. The molecule has 1 aromatic carbocycles. The highest BCUT2D eigenvalue weighted by molar-refractivity contribution is 6.51. The number of benzene rings is 1. The fourth-order valence-electron chi connectivity index (χ4n) is 2.97. The molecule has 1 saturated carbocycles. The van der Waals surface area contributed by atoms with Crippen molar-refractivity contribution < 1.29 is 14.3 Å². The van der Waals surface area contributed by atoms with Gasteiger partial charge in [0.05, 0.1) is 32.8 Å². The molecule has 0 saturated heterocycles. The van der Waals surface area contributed by atoms with Crippen LogP contribution in [0.3, 0.4) is 0 Å². The van der Waals surface area contributed by atoms with Crippen LogP contribution in [0.15, 0.2) is 34.3 Å². The van der Waals surface area contributed by atoms with Crippen LogP contribution in [0.4, 0.5) is 0 Å². The number of hydrogen-bond acceptors (Lipinski definition) is 3. The van der Waals surface area contributed by atoms with Gasteiger partial charge in [-0.25, -0.2) is 0 Å². The Labute approximate surface area is 148 Å². The number of hydrogen-bond donors (Lipinski definition) is 0. The number of carbonyl (C=O) groups is 1. The van der Waals surface area contributed by atoms with Gasteiger partial charge in [-0.1, -0.05) is 23.2 Å². The number of carbonyl (C=O) groups excluding carboxylic acids is 1. The molecule has 7 heteroatoms. The maximum absolute atomic E-state index is 12.4. The Bertz CT molecular complexity index is 657. The number of alkyl halides is 2. The zero-order chi connectivity index (χ0) is 16.1. The van der Waals surface area contributed by atoms with Crippen LogP contribution in [0.25, 0.3) is 0 Å².